The van der Waals surface area contributed by atoms with Crippen molar-refractivity contribution >= 4 is 28.3 Å². The van der Waals surface area contributed by atoms with E-state index < -0.39 is 0 Å². The number of rotatable bonds is 6. The maximum atomic E-state index is 6.42. The van der Waals surface area contributed by atoms with Crippen LogP contribution in [0.5, 0.6) is 0 Å². The van der Waals surface area contributed by atoms with E-state index in [4.69, 9.17) is 11.6 Å². The average Bonchev–Trinajstić information content (AvgIpc) is 2.46. The van der Waals surface area contributed by atoms with Crippen molar-refractivity contribution in [2.45, 2.75) is 32.1 Å². The number of aromatic nitrogens is 1. The summed E-state index contributed by atoms with van der Waals surface area (Å²) in [5.74, 6) is 1.46. The molecular formula is C16H21ClN2. The molecule has 1 N–H and O–H groups in total. The molecule has 0 aliphatic heterocycles. The van der Waals surface area contributed by atoms with Gasteiger partial charge in [0.1, 0.15) is 5.82 Å². The minimum atomic E-state index is 0.156. The van der Waals surface area contributed by atoms with Gasteiger partial charge in [-0.15, -0.1) is 11.6 Å². The summed E-state index contributed by atoms with van der Waals surface area (Å²) in [4.78, 5) is 4.59. The Hall–Kier alpha value is -1.28. The highest BCUT2D eigenvalue weighted by atomic mass is 35.5. The summed E-state index contributed by atoms with van der Waals surface area (Å²) >= 11 is 6.42. The van der Waals surface area contributed by atoms with Crippen LogP contribution < -0.4 is 5.32 Å². The van der Waals surface area contributed by atoms with E-state index in [-0.39, 0.29) is 5.38 Å². The van der Waals surface area contributed by atoms with Gasteiger partial charge in [-0.2, -0.15) is 0 Å². The fourth-order valence-corrected chi connectivity index (χ4v) is 2.77. The minimum Gasteiger partial charge on any atom is -0.369 e. The summed E-state index contributed by atoms with van der Waals surface area (Å²) in [5.41, 5.74) is 1.01. The molecule has 0 spiro atoms. The molecule has 19 heavy (non-hydrogen) atoms. The molecule has 0 saturated carbocycles. The first-order valence-corrected chi connectivity index (χ1v) is 7.42. The first-order chi connectivity index (χ1) is 9.24. The Balaban J connectivity index is 2.01. The van der Waals surface area contributed by atoms with E-state index >= 15 is 0 Å². The van der Waals surface area contributed by atoms with Crippen LogP contribution >= 0.6 is 11.6 Å². The number of fused-ring (bicyclic) bond motifs is 1. The maximum Gasteiger partial charge on any atom is 0.126 e. The second-order valence-corrected chi connectivity index (χ2v) is 5.42. The highest BCUT2D eigenvalue weighted by Gasteiger charge is 2.15. The number of nitrogens with zero attached hydrogens (tertiary/aromatic N) is 1. The number of halogens is 1. The molecule has 1 unspecified atom stereocenters. The van der Waals surface area contributed by atoms with E-state index in [1.54, 1.807) is 0 Å². The van der Waals surface area contributed by atoms with Gasteiger partial charge >= 0.3 is 0 Å². The van der Waals surface area contributed by atoms with Gasteiger partial charge in [0.15, 0.2) is 0 Å². The third kappa shape index (κ3) is 3.60. The smallest absolute Gasteiger partial charge is 0.126 e. The largest absolute Gasteiger partial charge is 0.369 e. The van der Waals surface area contributed by atoms with Gasteiger partial charge < -0.3 is 5.32 Å². The fourth-order valence-electron chi connectivity index (χ4n) is 2.33. The molecule has 2 rings (SSSR count). The molecule has 0 fully saturated rings. The summed E-state index contributed by atoms with van der Waals surface area (Å²) in [5, 5.41) is 4.66. The lowest BCUT2D eigenvalue weighted by Crippen LogP contribution is -2.23. The van der Waals surface area contributed by atoms with Crippen LogP contribution in [0.3, 0.4) is 0 Å². The van der Waals surface area contributed by atoms with Crippen molar-refractivity contribution < 1.29 is 0 Å². The topological polar surface area (TPSA) is 24.9 Å². The van der Waals surface area contributed by atoms with E-state index in [0.29, 0.717) is 5.92 Å². The number of pyridine rings is 1. The minimum absolute atomic E-state index is 0.156. The molecule has 3 heteroatoms. The normalized spacial score (nSPS) is 12.8. The van der Waals surface area contributed by atoms with Crippen LogP contribution in [-0.2, 0) is 0 Å². The Kier molecular flexibility index (Phi) is 5.03. The fraction of sp³-hybridized carbons (Fsp3) is 0.438. The molecule has 1 aromatic heterocycles. The molecule has 0 aliphatic carbocycles. The van der Waals surface area contributed by atoms with E-state index in [1.807, 2.05) is 24.3 Å². The second kappa shape index (κ2) is 6.76. The number of para-hydroxylation sites is 1. The lowest BCUT2D eigenvalue weighted by molar-refractivity contribution is 0.475. The van der Waals surface area contributed by atoms with Gasteiger partial charge in [-0.1, -0.05) is 44.9 Å². The zero-order chi connectivity index (χ0) is 13.7. The summed E-state index contributed by atoms with van der Waals surface area (Å²) in [6, 6.07) is 12.2. The number of benzene rings is 1. The Labute approximate surface area is 120 Å². The van der Waals surface area contributed by atoms with Gasteiger partial charge in [-0.25, -0.2) is 4.98 Å². The summed E-state index contributed by atoms with van der Waals surface area (Å²) < 4.78 is 0. The Morgan fingerprint density at radius 2 is 1.84 bits per heavy atom. The molecule has 1 aromatic carbocycles. The highest BCUT2D eigenvalue weighted by Crippen LogP contribution is 2.20. The molecule has 1 heterocycles. The number of nitrogens with one attached hydrogen (secondary N) is 1. The molecule has 2 nitrogen and oxygen atoms in total. The first-order valence-electron chi connectivity index (χ1n) is 6.98. The summed E-state index contributed by atoms with van der Waals surface area (Å²) in [6.45, 7) is 5.15. The van der Waals surface area contributed by atoms with E-state index in [0.717, 1.165) is 36.1 Å². The molecule has 0 radical (unpaired) electrons. The number of hydrogen-bond donors (Lipinski definition) is 1. The highest BCUT2D eigenvalue weighted by molar-refractivity contribution is 6.21. The van der Waals surface area contributed by atoms with Gasteiger partial charge in [0.2, 0.25) is 0 Å². The maximum absolute atomic E-state index is 6.42. The number of hydrogen-bond acceptors (Lipinski definition) is 2. The Bertz CT molecular complexity index is 523. The third-order valence-electron chi connectivity index (χ3n) is 3.64. The van der Waals surface area contributed by atoms with Crippen LogP contribution in [0.1, 0.15) is 26.7 Å². The Morgan fingerprint density at radius 3 is 2.58 bits per heavy atom. The van der Waals surface area contributed by atoms with Crippen molar-refractivity contribution in [3.8, 4) is 0 Å². The Morgan fingerprint density at radius 1 is 1.11 bits per heavy atom. The van der Waals surface area contributed by atoms with Crippen LogP contribution in [0.15, 0.2) is 36.4 Å². The monoisotopic (exact) mass is 276 g/mol. The predicted molar refractivity (Wildman–Crippen MR) is 83.9 cm³/mol. The van der Waals surface area contributed by atoms with Crippen molar-refractivity contribution in [3.05, 3.63) is 36.4 Å². The zero-order valence-electron chi connectivity index (χ0n) is 11.6. The van der Waals surface area contributed by atoms with Gasteiger partial charge in [-0.3, -0.25) is 0 Å². The van der Waals surface area contributed by atoms with Gasteiger partial charge in [0, 0.05) is 11.9 Å². The van der Waals surface area contributed by atoms with Crippen LogP contribution in [0, 0.1) is 5.92 Å². The second-order valence-electron chi connectivity index (χ2n) is 4.86. The van der Waals surface area contributed by atoms with Crippen molar-refractivity contribution in [3.63, 3.8) is 0 Å². The molecular weight excluding hydrogens is 256 g/mol. The van der Waals surface area contributed by atoms with E-state index in [1.165, 1.54) is 0 Å². The van der Waals surface area contributed by atoms with Crippen molar-refractivity contribution in [1.82, 2.24) is 4.98 Å². The first kappa shape index (κ1) is 14.1. The predicted octanol–water partition coefficient (Wildman–Crippen LogP) is 4.69. The molecule has 1 atom stereocenters. The van der Waals surface area contributed by atoms with Gasteiger partial charge in [-0.05, 0) is 24.1 Å². The lowest BCUT2D eigenvalue weighted by atomic mass is 9.99. The van der Waals surface area contributed by atoms with Gasteiger partial charge in [0.05, 0.1) is 10.9 Å². The van der Waals surface area contributed by atoms with Crippen LogP contribution in [0.25, 0.3) is 10.9 Å². The van der Waals surface area contributed by atoms with Crippen molar-refractivity contribution in [2.24, 2.45) is 5.92 Å². The molecule has 2 aromatic rings. The van der Waals surface area contributed by atoms with Crippen molar-refractivity contribution in [1.29, 1.82) is 0 Å². The average molecular weight is 277 g/mol. The quantitative estimate of drug-likeness (QED) is 0.774. The standard InChI is InChI=1S/C16H21ClN2/c1-3-12(4-2)14(17)11-18-16-10-9-13-7-5-6-8-15(13)19-16/h5-10,12,14H,3-4,11H2,1-2H3,(H,18,19). The SMILES string of the molecule is CCC(CC)C(Cl)CNc1ccc2ccccc2n1. The van der Waals surface area contributed by atoms with Crippen LogP contribution in [0.4, 0.5) is 5.82 Å². The van der Waals surface area contributed by atoms with Crippen molar-refractivity contribution in [2.75, 3.05) is 11.9 Å². The zero-order valence-corrected chi connectivity index (χ0v) is 12.3. The molecule has 0 aliphatic rings. The number of anilines is 1. The van der Waals surface area contributed by atoms with Gasteiger partial charge in [0.25, 0.3) is 0 Å². The molecule has 0 amide bonds. The van der Waals surface area contributed by atoms with Crippen LogP contribution in [0.2, 0.25) is 0 Å². The number of alkyl halides is 1. The summed E-state index contributed by atoms with van der Waals surface area (Å²) in [6.07, 6.45) is 2.25. The van der Waals surface area contributed by atoms with E-state index in [9.17, 15) is 0 Å². The summed E-state index contributed by atoms with van der Waals surface area (Å²) in [7, 11) is 0. The molecule has 0 saturated heterocycles. The van der Waals surface area contributed by atoms with Crippen LogP contribution in [-0.4, -0.2) is 16.9 Å². The lowest BCUT2D eigenvalue weighted by Gasteiger charge is -2.19. The molecule has 0 bridgehead atoms. The molecule has 102 valence electrons. The van der Waals surface area contributed by atoms with E-state index in [2.05, 4.69) is 36.3 Å². The third-order valence-corrected chi connectivity index (χ3v) is 4.15.